The average Bonchev–Trinajstić information content (AvgIpc) is 3.66. The lowest BCUT2D eigenvalue weighted by Gasteiger charge is -2.27. The lowest BCUT2D eigenvalue weighted by molar-refractivity contribution is 0.669. The van der Waals surface area contributed by atoms with Crippen molar-refractivity contribution in [1.82, 2.24) is 9.38 Å². The van der Waals surface area contributed by atoms with Gasteiger partial charge in [-0.3, -0.25) is 9.20 Å². The van der Waals surface area contributed by atoms with Gasteiger partial charge in [-0.1, -0.05) is 127 Å². The van der Waals surface area contributed by atoms with E-state index >= 15 is 0 Å². The maximum Gasteiger partial charge on any atom is 0.266 e. The van der Waals surface area contributed by atoms with E-state index in [9.17, 15) is 4.79 Å². The first-order valence-electron chi connectivity index (χ1n) is 19.1. The highest BCUT2D eigenvalue weighted by atomic mass is 16.3. The molecule has 0 saturated carbocycles. The molecule has 0 amide bonds. The molecule has 0 radical (unpaired) electrons. The van der Waals surface area contributed by atoms with Crippen LogP contribution in [0.3, 0.4) is 0 Å². The van der Waals surface area contributed by atoms with Crippen LogP contribution >= 0.6 is 0 Å². The molecule has 0 unspecified atom stereocenters. The maximum absolute atomic E-state index is 14.2. The molecule has 11 aromatic rings. The van der Waals surface area contributed by atoms with Crippen LogP contribution in [0.4, 0.5) is 17.1 Å². The molecule has 0 saturated heterocycles. The van der Waals surface area contributed by atoms with Gasteiger partial charge in [0, 0.05) is 27.7 Å². The van der Waals surface area contributed by atoms with Crippen molar-refractivity contribution in [1.29, 1.82) is 0 Å². The average molecular weight is 732 g/mol. The Hall–Kier alpha value is -7.76. The zero-order valence-electron chi connectivity index (χ0n) is 30.7. The fourth-order valence-corrected chi connectivity index (χ4v) is 8.29. The Balaban J connectivity index is 1.12. The third-order valence-corrected chi connectivity index (χ3v) is 10.9. The van der Waals surface area contributed by atoms with Crippen molar-refractivity contribution in [3.8, 4) is 33.4 Å². The van der Waals surface area contributed by atoms with Gasteiger partial charge in [0.1, 0.15) is 16.8 Å². The minimum Gasteiger partial charge on any atom is -0.456 e. The van der Waals surface area contributed by atoms with E-state index in [1.807, 2.05) is 66.7 Å². The highest BCUT2D eigenvalue weighted by Crippen LogP contribution is 2.44. The Kier molecular flexibility index (Phi) is 7.57. The van der Waals surface area contributed by atoms with Crippen LogP contribution in [0.15, 0.2) is 209 Å². The van der Waals surface area contributed by atoms with Gasteiger partial charge in [-0.15, -0.1) is 0 Å². The van der Waals surface area contributed by atoms with Crippen LogP contribution in [0.5, 0.6) is 0 Å². The number of furan rings is 1. The number of benzene rings is 8. The first-order chi connectivity index (χ1) is 28.2. The number of rotatable bonds is 6. The minimum absolute atomic E-state index is 0.0811. The highest BCUT2D eigenvalue weighted by molar-refractivity contribution is 6.13. The Labute approximate surface area is 328 Å². The van der Waals surface area contributed by atoms with Crippen molar-refractivity contribution in [2.45, 2.75) is 0 Å². The number of hydrogen-bond acceptors (Lipinski definition) is 4. The summed E-state index contributed by atoms with van der Waals surface area (Å²) < 4.78 is 8.17. The first kappa shape index (κ1) is 32.7. The van der Waals surface area contributed by atoms with Crippen LogP contribution in [0.2, 0.25) is 0 Å². The molecule has 5 nitrogen and oxygen atoms in total. The predicted octanol–water partition coefficient (Wildman–Crippen LogP) is 13.4. The van der Waals surface area contributed by atoms with Gasteiger partial charge in [-0.2, -0.15) is 0 Å². The van der Waals surface area contributed by atoms with Crippen molar-refractivity contribution in [3.63, 3.8) is 0 Å². The summed E-state index contributed by atoms with van der Waals surface area (Å²) in [6.07, 6.45) is 0. The molecule has 0 bridgehead atoms. The van der Waals surface area contributed by atoms with E-state index in [1.165, 1.54) is 0 Å². The number of anilines is 3. The van der Waals surface area contributed by atoms with Crippen LogP contribution in [0.25, 0.3) is 82.8 Å². The van der Waals surface area contributed by atoms with E-state index in [2.05, 4.69) is 138 Å². The Morgan fingerprint density at radius 2 is 1.07 bits per heavy atom. The van der Waals surface area contributed by atoms with Crippen LogP contribution in [-0.4, -0.2) is 9.38 Å². The molecule has 0 aliphatic carbocycles. The normalized spacial score (nSPS) is 11.6. The van der Waals surface area contributed by atoms with E-state index < -0.39 is 0 Å². The molecule has 268 valence electrons. The van der Waals surface area contributed by atoms with E-state index in [4.69, 9.17) is 9.40 Å². The molecule has 0 N–H and O–H groups in total. The molecule has 3 aromatic heterocycles. The molecule has 5 heteroatoms. The third kappa shape index (κ3) is 5.48. The molecule has 3 heterocycles. The molecule has 8 aromatic carbocycles. The second-order valence-corrected chi connectivity index (χ2v) is 14.3. The number of hydrogen-bond donors (Lipinski definition) is 0. The molecule has 0 atom stereocenters. The number of pyridine rings is 1. The van der Waals surface area contributed by atoms with E-state index in [-0.39, 0.29) is 5.56 Å². The Morgan fingerprint density at radius 3 is 1.84 bits per heavy atom. The number of nitrogens with zero attached hydrogens (tertiary/aromatic N) is 3. The van der Waals surface area contributed by atoms with E-state index in [0.29, 0.717) is 16.6 Å². The second-order valence-electron chi connectivity index (χ2n) is 14.3. The zero-order valence-corrected chi connectivity index (χ0v) is 30.7. The minimum atomic E-state index is -0.0811. The fraction of sp³-hybridized carbons (Fsp3) is 0. The van der Waals surface area contributed by atoms with Gasteiger partial charge in [0.2, 0.25) is 0 Å². The zero-order chi connectivity index (χ0) is 37.9. The highest BCUT2D eigenvalue weighted by Gasteiger charge is 2.21. The quantitative estimate of drug-likeness (QED) is 0.126. The number of fused-ring (bicyclic) bond motifs is 7. The summed E-state index contributed by atoms with van der Waals surface area (Å²) in [7, 11) is 0. The van der Waals surface area contributed by atoms with Crippen molar-refractivity contribution >= 4 is 66.5 Å². The van der Waals surface area contributed by atoms with Crippen LogP contribution in [0.1, 0.15) is 0 Å². The van der Waals surface area contributed by atoms with E-state index in [0.717, 1.165) is 83.3 Å². The van der Waals surface area contributed by atoms with Gasteiger partial charge in [0.15, 0.2) is 0 Å². The SMILES string of the molecule is O=c1c2ccccc2nc2c(-c3ccccc3)cc3cc(-c4cccc(N(c5cccc(-c6ccccc6)c5)c5cccc6oc7ccccc7c56)c4)ccc3n12. The van der Waals surface area contributed by atoms with E-state index in [1.54, 1.807) is 4.40 Å². The largest absolute Gasteiger partial charge is 0.456 e. The standard InChI is InChI=1S/C52H33N3O2/c56-52-42-22-7-9-24-45(42)53-51-44(35-16-5-2-6-17-35)33-39-30-38(28-29-46(39)55(51)52)37-19-12-21-41(32-37)54(40-20-11-18-36(31-40)34-14-3-1-4-15-34)47-25-13-27-49-50(47)43-23-8-10-26-48(43)57-49/h1-33H. The smallest absolute Gasteiger partial charge is 0.266 e. The van der Waals surface area contributed by atoms with Gasteiger partial charge in [-0.25, -0.2) is 4.98 Å². The van der Waals surface area contributed by atoms with Crippen molar-refractivity contribution in [2.24, 2.45) is 0 Å². The van der Waals surface area contributed by atoms with Crippen LogP contribution < -0.4 is 10.5 Å². The lowest BCUT2D eigenvalue weighted by atomic mass is 9.99. The fourth-order valence-electron chi connectivity index (χ4n) is 8.29. The van der Waals surface area contributed by atoms with Crippen molar-refractivity contribution in [2.75, 3.05) is 4.90 Å². The molecule has 0 spiro atoms. The van der Waals surface area contributed by atoms with Gasteiger partial charge in [0.25, 0.3) is 5.56 Å². The lowest BCUT2D eigenvalue weighted by Crippen LogP contribution is -2.16. The molecule has 11 rings (SSSR count). The van der Waals surface area contributed by atoms with Gasteiger partial charge < -0.3 is 9.32 Å². The summed E-state index contributed by atoms with van der Waals surface area (Å²) in [5.74, 6) is 0. The molecular weight excluding hydrogens is 699 g/mol. The monoisotopic (exact) mass is 731 g/mol. The molecule has 0 aliphatic heterocycles. The Morgan fingerprint density at radius 1 is 0.474 bits per heavy atom. The summed E-state index contributed by atoms with van der Waals surface area (Å²) in [6.45, 7) is 0. The summed E-state index contributed by atoms with van der Waals surface area (Å²) in [5.41, 5.74) is 13.1. The third-order valence-electron chi connectivity index (χ3n) is 10.9. The summed E-state index contributed by atoms with van der Waals surface area (Å²) in [6, 6.07) is 68.7. The second kappa shape index (κ2) is 13.2. The van der Waals surface area contributed by atoms with Gasteiger partial charge >= 0.3 is 0 Å². The van der Waals surface area contributed by atoms with Crippen LogP contribution in [0, 0.1) is 0 Å². The number of para-hydroxylation sites is 2. The van der Waals surface area contributed by atoms with Gasteiger partial charge in [0.05, 0.1) is 27.5 Å². The summed E-state index contributed by atoms with van der Waals surface area (Å²) in [4.78, 5) is 21.6. The molecular formula is C52H33N3O2. The number of aromatic nitrogens is 2. The molecule has 57 heavy (non-hydrogen) atoms. The topological polar surface area (TPSA) is 50.8 Å². The van der Waals surface area contributed by atoms with Crippen molar-refractivity contribution in [3.05, 3.63) is 211 Å². The first-order valence-corrected chi connectivity index (χ1v) is 19.1. The molecule has 0 fully saturated rings. The summed E-state index contributed by atoms with van der Waals surface area (Å²) in [5, 5.41) is 3.67. The van der Waals surface area contributed by atoms with Crippen molar-refractivity contribution < 1.29 is 4.42 Å². The Bertz CT molecular complexity index is 3390. The van der Waals surface area contributed by atoms with Gasteiger partial charge in [-0.05, 0) is 101 Å². The summed E-state index contributed by atoms with van der Waals surface area (Å²) >= 11 is 0. The maximum atomic E-state index is 14.2. The molecule has 0 aliphatic rings. The predicted molar refractivity (Wildman–Crippen MR) is 235 cm³/mol. The van der Waals surface area contributed by atoms with Crippen LogP contribution in [-0.2, 0) is 0 Å².